The number of rotatable bonds is 3. The maximum absolute atomic E-state index is 12.6. The van der Waals surface area contributed by atoms with Gasteiger partial charge in [-0.2, -0.15) is 0 Å². The summed E-state index contributed by atoms with van der Waals surface area (Å²) >= 11 is 0. The van der Waals surface area contributed by atoms with Crippen LogP contribution in [0.2, 0.25) is 0 Å². The van der Waals surface area contributed by atoms with E-state index in [9.17, 15) is 9.59 Å². The third-order valence-corrected chi connectivity index (χ3v) is 5.93. The third kappa shape index (κ3) is 3.22. The number of ether oxygens (including phenoxy) is 1. The predicted octanol–water partition coefficient (Wildman–Crippen LogP) is 4.05. The monoisotopic (exact) mass is 364 g/mol. The van der Waals surface area contributed by atoms with Crippen molar-refractivity contribution in [3.05, 3.63) is 58.4 Å². The van der Waals surface area contributed by atoms with Crippen molar-refractivity contribution in [3.63, 3.8) is 0 Å². The summed E-state index contributed by atoms with van der Waals surface area (Å²) in [6.07, 6.45) is 8.45. The van der Waals surface area contributed by atoms with Crippen molar-refractivity contribution in [1.82, 2.24) is 4.98 Å². The molecular weight excluding hydrogens is 340 g/mol. The van der Waals surface area contributed by atoms with Crippen LogP contribution in [0.25, 0.3) is 0 Å². The van der Waals surface area contributed by atoms with Crippen molar-refractivity contribution in [2.75, 3.05) is 12.4 Å². The summed E-state index contributed by atoms with van der Waals surface area (Å²) in [7, 11) is 1.32. The van der Waals surface area contributed by atoms with Crippen molar-refractivity contribution in [2.45, 2.75) is 50.9 Å². The summed E-state index contributed by atoms with van der Waals surface area (Å²) < 4.78 is 4.65. The maximum atomic E-state index is 12.6. The maximum Gasteiger partial charge on any atom is 0.339 e. The molecule has 2 aliphatic carbocycles. The van der Waals surface area contributed by atoms with Gasteiger partial charge in [0.1, 0.15) is 5.69 Å². The standard InChI is InChI=1S/C22H24N2O3/c1-22-9-3-5-14-11-17(12-15(19(14)22)6-4-10-22)24-20(25)18-8-7-16(13-23-18)21(26)27-2/h7-8,11-13H,3-6,9-10H2,1-2H3,(H,24,25). The number of esters is 1. The summed E-state index contributed by atoms with van der Waals surface area (Å²) in [5, 5.41) is 2.98. The largest absolute Gasteiger partial charge is 0.465 e. The molecule has 5 heteroatoms. The number of nitrogens with one attached hydrogen (secondary N) is 1. The van der Waals surface area contributed by atoms with Crippen LogP contribution in [0.1, 0.15) is 70.1 Å². The smallest absolute Gasteiger partial charge is 0.339 e. The van der Waals surface area contributed by atoms with E-state index in [2.05, 4.69) is 34.1 Å². The SMILES string of the molecule is COC(=O)c1ccc(C(=O)Nc2cc3c4c(c2)CCCC4(C)CCC3)nc1. The molecular formula is C22H24N2O3. The molecule has 4 rings (SSSR count). The lowest BCUT2D eigenvalue weighted by Crippen LogP contribution is -2.32. The second-order valence-electron chi connectivity index (χ2n) is 7.82. The van der Waals surface area contributed by atoms with Crippen LogP contribution in [0.5, 0.6) is 0 Å². The van der Waals surface area contributed by atoms with E-state index >= 15 is 0 Å². The van der Waals surface area contributed by atoms with E-state index in [1.165, 1.54) is 55.7 Å². The van der Waals surface area contributed by atoms with Crippen LogP contribution in [-0.2, 0) is 23.0 Å². The highest BCUT2D eigenvalue weighted by Gasteiger charge is 2.36. The summed E-state index contributed by atoms with van der Waals surface area (Å²) in [6, 6.07) is 7.35. The van der Waals surface area contributed by atoms with Gasteiger partial charge < -0.3 is 10.1 Å². The summed E-state index contributed by atoms with van der Waals surface area (Å²) in [4.78, 5) is 28.2. The number of carbonyl (C=O) groups excluding carboxylic acids is 2. The average molecular weight is 364 g/mol. The highest BCUT2D eigenvalue weighted by atomic mass is 16.5. The van der Waals surface area contributed by atoms with E-state index < -0.39 is 5.97 Å². The molecule has 0 saturated carbocycles. The lowest BCUT2D eigenvalue weighted by Gasteiger charge is -2.41. The zero-order chi connectivity index (χ0) is 19.0. The van der Waals surface area contributed by atoms with Gasteiger partial charge in [0.15, 0.2) is 0 Å². The molecule has 0 unspecified atom stereocenters. The minimum absolute atomic E-state index is 0.270. The van der Waals surface area contributed by atoms with Crippen molar-refractivity contribution in [2.24, 2.45) is 0 Å². The second kappa shape index (κ2) is 6.80. The predicted molar refractivity (Wildman–Crippen MR) is 103 cm³/mol. The molecule has 1 aromatic carbocycles. The number of amides is 1. The van der Waals surface area contributed by atoms with Crippen LogP contribution in [0.4, 0.5) is 5.69 Å². The van der Waals surface area contributed by atoms with E-state index in [1.807, 2.05) is 0 Å². The van der Waals surface area contributed by atoms with Crippen LogP contribution in [0, 0.1) is 0 Å². The molecule has 140 valence electrons. The van der Waals surface area contributed by atoms with E-state index in [-0.39, 0.29) is 11.6 Å². The average Bonchev–Trinajstić information content (AvgIpc) is 2.67. The molecule has 0 fully saturated rings. The van der Waals surface area contributed by atoms with Crippen molar-refractivity contribution < 1.29 is 14.3 Å². The van der Waals surface area contributed by atoms with Crippen molar-refractivity contribution in [1.29, 1.82) is 0 Å². The Balaban J connectivity index is 1.58. The summed E-state index contributed by atoms with van der Waals surface area (Å²) in [5.41, 5.74) is 6.02. The van der Waals surface area contributed by atoms with Gasteiger partial charge in [-0.25, -0.2) is 4.79 Å². The number of nitrogens with zero attached hydrogens (tertiary/aromatic N) is 1. The first-order valence-electron chi connectivity index (χ1n) is 9.52. The molecule has 5 nitrogen and oxygen atoms in total. The molecule has 2 aromatic rings. The van der Waals surface area contributed by atoms with Gasteiger partial charge in [0.2, 0.25) is 0 Å². The highest BCUT2D eigenvalue weighted by Crippen LogP contribution is 2.46. The molecule has 1 amide bonds. The highest BCUT2D eigenvalue weighted by molar-refractivity contribution is 6.03. The summed E-state index contributed by atoms with van der Waals surface area (Å²) in [5.74, 6) is -0.737. The van der Waals surface area contributed by atoms with E-state index in [0.29, 0.717) is 11.0 Å². The van der Waals surface area contributed by atoms with Gasteiger partial charge in [0.25, 0.3) is 5.91 Å². The third-order valence-electron chi connectivity index (χ3n) is 5.93. The van der Waals surface area contributed by atoms with Crippen LogP contribution >= 0.6 is 0 Å². The first kappa shape index (κ1) is 17.7. The Hall–Kier alpha value is -2.69. The van der Waals surface area contributed by atoms with Gasteiger partial charge in [-0.3, -0.25) is 9.78 Å². The number of pyridine rings is 1. The van der Waals surface area contributed by atoms with Gasteiger partial charge in [0.05, 0.1) is 12.7 Å². The van der Waals surface area contributed by atoms with Gasteiger partial charge in [-0.1, -0.05) is 6.92 Å². The Kier molecular flexibility index (Phi) is 4.46. The number of aromatic nitrogens is 1. The Labute approximate surface area is 159 Å². The topological polar surface area (TPSA) is 68.3 Å². The molecule has 0 atom stereocenters. The van der Waals surface area contributed by atoms with Crippen molar-refractivity contribution >= 4 is 17.6 Å². The number of carbonyl (C=O) groups is 2. The Morgan fingerprint density at radius 3 is 2.33 bits per heavy atom. The number of anilines is 1. The van der Waals surface area contributed by atoms with Gasteiger partial charge >= 0.3 is 5.97 Å². The number of hydrogen-bond acceptors (Lipinski definition) is 4. The fourth-order valence-corrected chi connectivity index (χ4v) is 4.68. The molecule has 1 N–H and O–H groups in total. The quantitative estimate of drug-likeness (QED) is 0.834. The fraction of sp³-hybridized carbons (Fsp3) is 0.409. The number of benzene rings is 1. The molecule has 1 heterocycles. The molecule has 0 aliphatic heterocycles. The minimum Gasteiger partial charge on any atom is -0.465 e. The molecule has 2 aliphatic rings. The van der Waals surface area contributed by atoms with Gasteiger partial charge in [-0.15, -0.1) is 0 Å². The Bertz CT molecular complexity index is 871. The first-order valence-corrected chi connectivity index (χ1v) is 9.52. The van der Waals surface area contributed by atoms with E-state index in [4.69, 9.17) is 0 Å². The lowest BCUT2D eigenvalue weighted by atomic mass is 9.63. The Morgan fingerprint density at radius 1 is 1.11 bits per heavy atom. The fourth-order valence-electron chi connectivity index (χ4n) is 4.68. The van der Waals surface area contributed by atoms with Crippen LogP contribution < -0.4 is 5.32 Å². The minimum atomic E-state index is -0.466. The van der Waals surface area contributed by atoms with E-state index in [1.54, 1.807) is 12.1 Å². The molecule has 0 bridgehead atoms. The Morgan fingerprint density at radius 2 is 1.78 bits per heavy atom. The molecule has 0 radical (unpaired) electrons. The van der Waals surface area contributed by atoms with E-state index in [0.717, 1.165) is 18.5 Å². The number of aryl methyl sites for hydroxylation is 2. The second-order valence-corrected chi connectivity index (χ2v) is 7.82. The normalized spacial score (nSPS) is 17.0. The molecule has 27 heavy (non-hydrogen) atoms. The molecule has 1 aromatic heterocycles. The van der Waals surface area contributed by atoms with Crippen LogP contribution in [-0.4, -0.2) is 24.0 Å². The lowest BCUT2D eigenvalue weighted by molar-refractivity contribution is 0.0600. The molecule has 0 spiro atoms. The number of hydrogen-bond donors (Lipinski definition) is 1. The van der Waals surface area contributed by atoms with Crippen LogP contribution in [0.3, 0.4) is 0 Å². The van der Waals surface area contributed by atoms with Gasteiger partial charge in [-0.05, 0) is 84.9 Å². The number of methoxy groups -OCH3 is 1. The summed E-state index contributed by atoms with van der Waals surface area (Å²) in [6.45, 7) is 2.39. The van der Waals surface area contributed by atoms with Gasteiger partial charge in [0, 0.05) is 11.9 Å². The molecule has 0 saturated heterocycles. The van der Waals surface area contributed by atoms with Crippen molar-refractivity contribution in [3.8, 4) is 0 Å². The van der Waals surface area contributed by atoms with Crippen LogP contribution in [0.15, 0.2) is 30.5 Å². The zero-order valence-electron chi connectivity index (χ0n) is 15.8. The first-order chi connectivity index (χ1) is 13.0. The zero-order valence-corrected chi connectivity index (χ0v) is 15.8.